The number of carbonyl (C=O) groups excluding carboxylic acids is 1. The van der Waals surface area contributed by atoms with Gasteiger partial charge in [0.2, 0.25) is 0 Å². The van der Waals surface area contributed by atoms with Crippen LogP contribution in [0.2, 0.25) is 0 Å². The Labute approximate surface area is 148 Å². The standard InChI is InChI=1S/C18H32O2.C2H4O2/c1-3-4-5-6-7-8-9-10-11-12-13-14-15-16-17-20-18(2)19;1-2(3)4/h4-7H,3,8-17H2,1-2H3;1H3,(H,3,4)/b5-4-,7-6+;. The Kier molecular flexibility index (Phi) is 22.0. The minimum absolute atomic E-state index is 0.163. The number of allylic oxidation sites excluding steroid dienone is 4. The van der Waals surface area contributed by atoms with Gasteiger partial charge < -0.3 is 9.84 Å². The molecule has 0 spiro atoms. The summed E-state index contributed by atoms with van der Waals surface area (Å²) in [6.45, 7) is 5.30. The summed E-state index contributed by atoms with van der Waals surface area (Å²) in [4.78, 5) is 19.5. The van der Waals surface area contributed by atoms with Gasteiger partial charge in [0.15, 0.2) is 0 Å². The third-order valence-electron chi connectivity index (χ3n) is 3.19. The quantitative estimate of drug-likeness (QED) is 0.266. The van der Waals surface area contributed by atoms with Crippen molar-refractivity contribution >= 4 is 11.9 Å². The molecule has 0 fully saturated rings. The van der Waals surface area contributed by atoms with Crippen LogP contribution in [0.1, 0.15) is 85.0 Å². The second kappa shape index (κ2) is 21.4. The van der Waals surface area contributed by atoms with E-state index in [0.717, 1.165) is 19.8 Å². The number of carboxylic acid groups (broad SMARTS) is 1. The molecule has 0 atom stereocenters. The third-order valence-corrected chi connectivity index (χ3v) is 3.19. The van der Waals surface area contributed by atoms with Gasteiger partial charge in [-0.2, -0.15) is 0 Å². The molecule has 0 heterocycles. The van der Waals surface area contributed by atoms with E-state index in [9.17, 15) is 4.79 Å². The molecular formula is C20H36O4. The predicted octanol–water partition coefficient (Wildman–Crippen LogP) is 5.67. The first-order valence-corrected chi connectivity index (χ1v) is 9.15. The van der Waals surface area contributed by atoms with Gasteiger partial charge in [-0.15, -0.1) is 0 Å². The van der Waals surface area contributed by atoms with Crippen LogP contribution in [0.25, 0.3) is 0 Å². The SMILES string of the molecule is CC(=O)O.CC/C=C\C=C\CCCCCCCCCCOC(C)=O. The lowest BCUT2D eigenvalue weighted by Gasteiger charge is -2.02. The highest BCUT2D eigenvalue weighted by molar-refractivity contribution is 5.65. The molecular weight excluding hydrogens is 304 g/mol. The first-order valence-electron chi connectivity index (χ1n) is 9.15. The van der Waals surface area contributed by atoms with Gasteiger partial charge in [0.05, 0.1) is 6.61 Å². The molecule has 0 aromatic heterocycles. The van der Waals surface area contributed by atoms with E-state index in [2.05, 4.69) is 31.2 Å². The molecule has 0 rings (SSSR count). The number of unbranched alkanes of at least 4 members (excludes halogenated alkanes) is 8. The van der Waals surface area contributed by atoms with Gasteiger partial charge in [-0.25, -0.2) is 0 Å². The van der Waals surface area contributed by atoms with Crippen molar-refractivity contribution in [2.75, 3.05) is 6.61 Å². The van der Waals surface area contributed by atoms with Gasteiger partial charge in [0.1, 0.15) is 0 Å². The monoisotopic (exact) mass is 340 g/mol. The number of aliphatic carboxylic acids is 1. The maximum Gasteiger partial charge on any atom is 0.302 e. The summed E-state index contributed by atoms with van der Waals surface area (Å²) in [6.07, 6.45) is 21.2. The molecule has 0 aromatic rings. The fourth-order valence-electron chi connectivity index (χ4n) is 2.03. The molecule has 24 heavy (non-hydrogen) atoms. The van der Waals surface area contributed by atoms with Crippen molar-refractivity contribution in [1.82, 2.24) is 0 Å². The number of rotatable bonds is 13. The zero-order valence-corrected chi connectivity index (χ0v) is 15.8. The van der Waals surface area contributed by atoms with E-state index >= 15 is 0 Å². The smallest absolute Gasteiger partial charge is 0.302 e. The summed E-state index contributed by atoms with van der Waals surface area (Å²) >= 11 is 0. The highest BCUT2D eigenvalue weighted by Crippen LogP contribution is 2.10. The average Bonchev–Trinajstić information content (AvgIpc) is 2.50. The molecule has 0 saturated carbocycles. The van der Waals surface area contributed by atoms with Crippen molar-refractivity contribution in [3.63, 3.8) is 0 Å². The van der Waals surface area contributed by atoms with Crippen LogP contribution in [0.4, 0.5) is 0 Å². The highest BCUT2D eigenvalue weighted by Gasteiger charge is 1.94. The minimum Gasteiger partial charge on any atom is -0.481 e. The molecule has 0 aliphatic heterocycles. The molecule has 0 aromatic carbocycles. The Morgan fingerprint density at radius 3 is 1.79 bits per heavy atom. The van der Waals surface area contributed by atoms with Gasteiger partial charge >= 0.3 is 5.97 Å². The number of hydrogen-bond acceptors (Lipinski definition) is 3. The fourth-order valence-corrected chi connectivity index (χ4v) is 2.03. The van der Waals surface area contributed by atoms with E-state index in [1.807, 2.05) is 0 Å². The van der Waals surface area contributed by atoms with Crippen LogP contribution < -0.4 is 0 Å². The maximum atomic E-state index is 10.5. The molecule has 1 N–H and O–H groups in total. The molecule has 0 saturated heterocycles. The zero-order valence-electron chi connectivity index (χ0n) is 15.8. The zero-order chi connectivity index (χ0) is 18.5. The van der Waals surface area contributed by atoms with Crippen molar-refractivity contribution in [1.29, 1.82) is 0 Å². The van der Waals surface area contributed by atoms with Gasteiger partial charge in [-0.05, 0) is 25.7 Å². The van der Waals surface area contributed by atoms with Crippen molar-refractivity contribution in [2.24, 2.45) is 0 Å². The van der Waals surface area contributed by atoms with Crippen LogP contribution >= 0.6 is 0 Å². The summed E-state index contributed by atoms with van der Waals surface area (Å²) in [6, 6.07) is 0. The Hall–Kier alpha value is -1.58. The van der Waals surface area contributed by atoms with Crippen LogP contribution in [-0.4, -0.2) is 23.7 Å². The molecule has 0 amide bonds. The summed E-state index contributed by atoms with van der Waals surface area (Å²) < 4.78 is 4.90. The van der Waals surface area contributed by atoms with E-state index in [0.29, 0.717) is 6.61 Å². The molecule has 4 heteroatoms. The molecule has 4 nitrogen and oxygen atoms in total. The molecule has 0 bridgehead atoms. The first kappa shape index (κ1) is 24.7. The predicted molar refractivity (Wildman–Crippen MR) is 100 cm³/mol. The minimum atomic E-state index is -0.833. The van der Waals surface area contributed by atoms with Crippen molar-refractivity contribution in [3.8, 4) is 0 Å². The van der Waals surface area contributed by atoms with E-state index in [-0.39, 0.29) is 5.97 Å². The van der Waals surface area contributed by atoms with Crippen LogP contribution in [0, 0.1) is 0 Å². The van der Waals surface area contributed by atoms with Gasteiger partial charge in [0, 0.05) is 13.8 Å². The molecule has 0 unspecified atom stereocenters. The van der Waals surface area contributed by atoms with E-state index in [4.69, 9.17) is 14.6 Å². The number of carboxylic acids is 1. The van der Waals surface area contributed by atoms with Crippen molar-refractivity contribution in [2.45, 2.75) is 85.0 Å². The molecule has 140 valence electrons. The Morgan fingerprint density at radius 1 is 0.833 bits per heavy atom. The number of carbonyl (C=O) groups is 2. The van der Waals surface area contributed by atoms with Crippen LogP contribution in [0.15, 0.2) is 24.3 Å². The number of ether oxygens (including phenoxy) is 1. The second-order valence-electron chi connectivity index (χ2n) is 5.74. The van der Waals surface area contributed by atoms with Crippen LogP contribution in [-0.2, 0) is 14.3 Å². The van der Waals surface area contributed by atoms with Gasteiger partial charge in [-0.1, -0.05) is 69.8 Å². The third kappa shape index (κ3) is 32.4. The summed E-state index contributed by atoms with van der Waals surface area (Å²) in [5.74, 6) is -0.996. The lowest BCUT2D eigenvalue weighted by atomic mass is 10.1. The van der Waals surface area contributed by atoms with Crippen LogP contribution in [0.3, 0.4) is 0 Å². The second-order valence-corrected chi connectivity index (χ2v) is 5.74. The molecule has 0 aliphatic rings. The fraction of sp³-hybridized carbons (Fsp3) is 0.700. The molecule has 0 aliphatic carbocycles. The lowest BCUT2D eigenvalue weighted by Crippen LogP contribution is -2.00. The largest absolute Gasteiger partial charge is 0.481 e. The normalized spacial score (nSPS) is 10.6. The average molecular weight is 341 g/mol. The lowest BCUT2D eigenvalue weighted by molar-refractivity contribution is -0.141. The van der Waals surface area contributed by atoms with E-state index in [1.165, 1.54) is 58.3 Å². The van der Waals surface area contributed by atoms with Crippen molar-refractivity contribution in [3.05, 3.63) is 24.3 Å². The molecule has 0 radical (unpaired) electrons. The summed E-state index contributed by atoms with van der Waals surface area (Å²) in [7, 11) is 0. The van der Waals surface area contributed by atoms with Gasteiger partial charge in [0.25, 0.3) is 5.97 Å². The van der Waals surface area contributed by atoms with E-state index in [1.54, 1.807) is 0 Å². The van der Waals surface area contributed by atoms with Gasteiger partial charge in [-0.3, -0.25) is 9.59 Å². The first-order chi connectivity index (χ1) is 11.5. The Bertz CT molecular complexity index is 342. The Balaban J connectivity index is 0. The maximum absolute atomic E-state index is 10.5. The van der Waals surface area contributed by atoms with Crippen LogP contribution in [0.5, 0.6) is 0 Å². The summed E-state index contributed by atoms with van der Waals surface area (Å²) in [5, 5.41) is 7.42. The number of esters is 1. The number of hydrogen-bond donors (Lipinski definition) is 1. The Morgan fingerprint density at radius 2 is 1.29 bits per heavy atom. The highest BCUT2D eigenvalue weighted by atomic mass is 16.5. The van der Waals surface area contributed by atoms with Crippen molar-refractivity contribution < 1.29 is 19.4 Å². The summed E-state index contributed by atoms with van der Waals surface area (Å²) in [5.41, 5.74) is 0. The van der Waals surface area contributed by atoms with E-state index < -0.39 is 5.97 Å². The topological polar surface area (TPSA) is 63.6 Å².